The molecule has 19 heavy (non-hydrogen) atoms. The van der Waals surface area contributed by atoms with Crippen LogP contribution in [0, 0.1) is 0 Å². The van der Waals surface area contributed by atoms with E-state index in [1.54, 1.807) is 48.5 Å². The lowest BCUT2D eigenvalue weighted by Gasteiger charge is -2.07. The summed E-state index contributed by atoms with van der Waals surface area (Å²) in [6.07, 6.45) is 1.24. The standard InChI is InChI=1S/C14H12N2O3/c17-9-15-11-1-5-13(6-2-11)19-14-7-3-12(4-8-14)16-10-18/h1-10H,(H,15,17)(H,16,18). The van der Waals surface area contributed by atoms with Gasteiger partial charge in [0.15, 0.2) is 0 Å². The molecule has 0 spiro atoms. The SMILES string of the molecule is O=CNc1ccc(Oc2ccc(NC=O)cc2)cc1. The summed E-state index contributed by atoms with van der Waals surface area (Å²) in [5.41, 5.74) is 1.40. The van der Waals surface area contributed by atoms with Crippen molar-refractivity contribution in [1.29, 1.82) is 0 Å². The molecule has 0 fully saturated rings. The van der Waals surface area contributed by atoms with Gasteiger partial charge in [-0.3, -0.25) is 9.59 Å². The molecule has 0 heterocycles. The smallest absolute Gasteiger partial charge is 0.211 e. The van der Waals surface area contributed by atoms with Gasteiger partial charge in [-0.15, -0.1) is 0 Å². The Bertz CT molecular complexity index is 498. The Labute approximate surface area is 110 Å². The van der Waals surface area contributed by atoms with Gasteiger partial charge < -0.3 is 15.4 Å². The highest BCUT2D eigenvalue weighted by molar-refractivity contribution is 5.72. The molecule has 0 aliphatic rings. The van der Waals surface area contributed by atoms with Crippen molar-refractivity contribution in [2.24, 2.45) is 0 Å². The van der Waals surface area contributed by atoms with Crippen LogP contribution in [0.25, 0.3) is 0 Å². The van der Waals surface area contributed by atoms with Gasteiger partial charge in [-0.25, -0.2) is 0 Å². The lowest BCUT2D eigenvalue weighted by atomic mass is 10.3. The van der Waals surface area contributed by atoms with Crippen molar-refractivity contribution in [3.8, 4) is 11.5 Å². The van der Waals surface area contributed by atoms with Gasteiger partial charge in [0.05, 0.1) is 0 Å². The summed E-state index contributed by atoms with van der Waals surface area (Å²) < 4.78 is 5.61. The molecule has 0 aliphatic heterocycles. The first kappa shape index (κ1) is 12.6. The molecular weight excluding hydrogens is 244 g/mol. The van der Waals surface area contributed by atoms with Gasteiger partial charge in [-0.05, 0) is 48.5 Å². The average molecular weight is 256 g/mol. The minimum atomic E-state index is 0.620. The molecule has 2 aromatic rings. The van der Waals surface area contributed by atoms with E-state index in [0.717, 1.165) is 0 Å². The van der Waals surface area contributed by atoms with Crippen molar-refractivity contribution in [1.82, 2.24) is 0 Å². The van der Waals surface area contributed by atoms with Crippen LogP contribution in [0.2, 0.25) is 0 Å². The molecule has 0 saturated heterocycles. The van der Waals surface area contributed by atoms with Gasteiger partial charge >= 0.3 is 0 Å². The third kappa shape index (κ3) is 3.57. The van der Waals surface area contributed by atoms with Crippen molar-refractivity contribution in [3.63, 3.8) is 0 Å². The van der Waals surface area contributed by atoms with Crippen LogP contribution in [0.1, 0.15) is 0 Å². The van der Waals surface area contributed by atoms with Crippen LogP contribution in [-0.2, 0) is 9.59 Å². The Balaban J connectivity index is 2.03. The van der Waals surface area contributed by atoms with Crippen molar-refractivity contribution in [3.05, 3.63) is 48.5 Å². The van der Waals surface area contributed by atoms with Gasteiger partial charge in [-0.1, -0.05) is 0 Å². The Kier molecular flexibility index (Phi) is 4.12. The fourth-order valence-electron chi connectivity index (χ4n) is 1.51. The van der Waals surface area contributed by atoms with Crippen molar-refractivity contribution >= 4 is 24.2 Å². The number of hydrogen-bond acceptors (Lipinski definition) is 3. The van der Waals surface area contributed by atoms with E-state index in [9.17, 15) is 9.59 Å². The van der Waals surface area contributed by atoms with E-state index < -0.39 is 0 Å². The lowest BCUT2D eigenvalue weighted by Crippen LogP contribution is -1.94. The van der Waals surface area contributed by atoms with Crippen LogP contribution < -0.4 is 15.4 Å². The Morgan fingerprint density at radius 3 is 1.37 bits per heavy atom. The number of carbonyl (C=O) groups is 2. The molecule has 0 bridgehead atoms. The fourth-order valence-corrected chi connectivity index (χ4v) is 1.51. The Morgan fingerprint density at radius 1 is 0.684 bits per heavy atom. The number of hydrogen-bond donors (Lipinski definition) is 2. The number of anilines is 2. The summed E-state index contributed by atoms with van der Waals surface area (Å²) in [5.74, 6) is 1.32. The van der Waals surface area contributed by atoms with Gasteiger partial charge in [0.25, 0.3) is 0 Å². The number of nitrogens with one attached hydrogen (secondary N) is 2. The molecule has 5 nitrogen and oxygen atoms in total. The predicted molar refractivity (Wildman–Crippen MR) is 72.3 cm³/mol. The van der Waals surface area contributed by atoms with E-state index >= 15 is 0 Å². The lowest BCUT2D eigenvalue weighted by molar-refractivity contribution is -0.106. The molecule has 0 saturated carbocycles. The molecule has 2 N–H and O–H groups in total. The van der Waals surface area contributed by atoms with E-state index in [0.29, 0.717) is 35.7 Å². The number of benzene rings is 2. The summed E-state index contributed by atoms with van der Waals surface area (Å²) in [5, 5.41) is 5.09. The average Bonchev–Trinajstić information content (AvgIpc) is 2.44. The second-order valence-electron chi connectivity index (χ2n) is 3.68. The zero-order chi connectivity index (χ0) is 13.5. The minimum Gasteiger partial charge on any atom is -0.457 e. The van der Waals surface area contributed by atoms with Crippen LogP contribution in [0.5, 0.6) is 11.5 Å². The largest absolute Gasteiger partial charge is 0.457 e. The van der Waals surface area contributed by atoms with Gasteiger partial charge in [0.1, 0.15) is 11.5 Å². The van der Waals surface area contributed by atoms with Gasteiger partial charge in [-0.2, -0.15) is 0 Å². The molecule has 0 radical (unpaired) electrons. The van der Waals surface area contributed by atoms with Crippen LogP contribution in [0.3, 0.4) is 0 Å². The second kappa shape index (κ2) is 6.20. The fraction of sp³-hybridized carbons (Fsp3) is 0. The van der Waals surface area contributed by atoms with Crippen LogP contribution in [0.15, 0.2) is 48.5 Å². The van der Waals surface area contributed by atoms with E-state index in [4.69, 9.17) is 4.74 Å². The third-order valence-corrected chi connectivity index (χ3v) is 2.40. The molecule has 2 aromatic carbocycles. The first-order chi connectivity index (χ1) is 9.31. The Hall–Kier alpha value is -2.82. The van der Waals surface area contributed by atoms with Gasteiger partial charge in [0, 0.05) is 11.4 Å². The molecule has 2 amide bonds. The van der Waals surface area contributed by atoms with E-state index in [1.165, 1.54) is 0 Å². The quantitative estimate of drug-likeness (QED) is 0.781. The normalized spacial score (nSPS) is 9.47. The molecule has 96 valence electrons. The molecule has 0 atom stereocenters. The maximum absolute atomic E-state index is 10.3. The number of ether oxygens (including phenoxy) is 1. The minimum absolute atomic E-state index is 0.620. The summed E-state index contributed by atoms with van der Waals surface area (Å²) in [7, 11) is 0. The first-order valence-electron chi connectivity index (χ1n) is 5.60. The van der Waals surface area contributed by atoms with Crippen LogP contribution in [0.4, 0.5) is 11.4 Å². The highest BCUT2D eigenvalue weighted by Crippen LogP contribution is 2.24. The van der Waals surface area contributed by atoms with E-state index in [2.05, 4.69) is 10.6 Å². The van der Waals surface area contributed by atoms with Crippen LogP contribution >= 0.6 is 0 Å². The molecule has 0 unspecified atom stereocenters. The number of rotatable bonds is 6. The van der Waals surface area contributed by atoms with E-state index in [-0.39, 0.29) is 0 Å². The molecule has 5 heteroatoms. The molecule has 0 aromatic heterocycles. The molecular formula is C14H12N2O3. The van der Waals surface area contributed by atoms with Crippen molar-refractivity contribution in [2.45, 2.75) is 0 Å². The van der Waals surface area contributed by atoms with Crippen molar-refractivity contribution in [2.75, 3.05) is 10.6 Å². The van der Waals surface area contributed by atoms with Gasteiger partial charge in [0.2, 0.25) is 12.8 Å². The zero-order valence-electron chi connectivity index (χ0n) is 10.00. The summed E-state index contributed by atoms with van der Waals surface area (Å²) >= 11 is 0. The summed E-state index contributed by atoms with van der Waals surface area (Å²) in [6.45, 7) is 0. The maximum Gasteiger partial charge on any atom is 0.211 e. The maximum atomic E-state index is 10.3. The second-order valence-corrected chi connectivity index (χ2v) is 3.68. The number of amides is 2. The zero-order valence-corrected chi connectivity index (χ0v) is 10.00. The Morgan fingerprint density at radius 2 is 1.05 bits per heavy atom. The monoisotopic (exact) mass is 256 g/mol. The molecule has 0 aliphatic carbocycles. The number of carbonyl (C=O) groups excluding carboxylic acids is 2. The highest BCUT2D eigenvalue weighted by Gasteiger charge is 1.98. The van der Waals surface area contributed by atoms with Crippen LogP contribution in [-0.4, -0.2) is 12.8 Å². The van der Waals surface area contributed by atoms with Crippen molar-refractivity contribution < 1.29 is 14.3 Å². The highest BCUT2D eigenvalue weighted by atomic mass is 16.5. The topological polar surface area (TPSA) is 67.4 Å². The summed E-state index contributed by atoms with van der Waals surface area (Å²) in [4.78, 5) is 20.5. The third-order valence-electron chi connectivity index (χ3n) is 2.40. The van der Waals surface area contributed by atoms with E-state index in [1.807, 2.05) is 0 Å². The predicted octanol–water partition coefficient (Wildman–Crippen LogP) is 2.62. The summed E-state index contributed by atoms with van der Waals surface area (Å²) in [6, 6.07) is 14.0. The first-order valence-corrected chi connectivity index (χ1v) is 5.60. The molecule has 2 rings (SSSR count).